The molecule has 0 heterocycles. The van der Waals surface area contributed by atoms with Gasteiger partial charge in [0.1, 0.15) is 0 Å². The molecule has 1 rings (SSSR count). The normalized spacial score (nSPS) is 9.06. The highest BCUT2D eigenvalue weighted by Gasteiger charge is 2.13. The van der Waals surface area contributed by atoms with Gasteiger partial charge in [-0.05, 0) is 26.0 Å². The molecule has 0 aliphatic heterocycles. The van der Waals surface area contributed by atoms with Crippen LogP contribution in [0.4, 0.5) is 0 Å². The summed E-state index contributed by atoms with van der Waals surface area (Å²) < 4.78 is 4.83. The van der Waals surface area contributed by atoms with E-state index in [1.807, 2.05) is 13.8 Å². The third kappa shape index (κ3) is 5.67. The van der Waals surface area contributed by atoms with Crippen molar-refractivity contribution in [1.29, 1.82) is 0 Å². The molecule has 0 unspecified atom stereocenters. The van der Waals surface area contributed by atoms with Crippen molar-refractivity contribution >= 4 is 11.9 Å². The van der Waals surface area contributed by atoms with Gasteiger partial charge in [0.05, 0.1) is 11.1 Å². The second kappa shape index (κ2) is 8.29. The molecule has 17 heavy (non-hydrogen) atoms. The van der Waals surface area contributed by atoms with Crippen LogP contribution in [-0.4, -0.2) is 35.4 Å². The largest absolute Gasteiger partial charge is 0.478 e. The molecule has 1 aromatic rings. The Bertz CT molecular complexity index is 338. The van der Waals surface area contributed by atoms with Gasteiger partial charge in [0, 0.05) is 13.2 Å². The number of aromatic carboxylic acids is 2. The summed E-state index contributed by atoms with van der Waals surface area (Å²) in [6.07, 6.45) is 0. The number of hydrogen-bond donors (Lipinski definition) is 2. The first-order valence-corrected chi connectivity index (χ1v) is 5.17. The number of hydrogen-bond acceptors (Lipinski definition) is 3. The predicted molar refractivity (Wildman–Crippen MR) is 62.5 cm³/mol. The quantitative estimate of drug-likeness (QED) is 0.842. The van der Waals surface area contributed by atoms with Crippen molar-refractivity contribution in [1.82, 2.24) is 0 Å². The van der Waals surface area contributed by atoms with Crippen LogP contribution in [-0.2, 0) is 4.74 Å². The lowest BCUT2D eigenvalue weighted by molar-refractivity contribution is 0.0651. The number of carbonyl (C=O) groups is 2. The van der Waals surface area contributed by atoms with Crippen molar-refractivity contribution < 1.29 is 24.5 Å². The van der Waals surface area contributed by atoms with Crippen molar-refractivity contribution in [2.24, 2.45) is 0 Å². The van der Waals surface area contributed by atoms with E-state index in [9.17, 15) is 9.59 Å². The minimum Gasteiger partial charge on any atom is -0.478 e. The monoisotopic (exact) mass is 240 g/mol. The zero-order valence-electron chi connectivity index (χ0n) is 9.84. The van der Waals surface area contributed by atoms with Crippen LogP contribution in [0.5, 0.6) is 0 Å². The number of rotatable bonds is 4. The lowest BCUT2D eigenvalue weighted by Gasteiger charge is -1.98. The molecule has 0 amide bonds. The van der Waals surface area contributed by atoms with Gasteiger partial charge in [0.2, 0.25) is 0 Å². The lowest BCUT2D eigenvalue weighted by Crippen LogP contribution is -2.06. The Balaban J connectivity index is 0.000000437. The molecule has 0 aromatic heterocycles. The van der Waals surface area contributed by atoms with Gasteiger partial charge < -0.3 is 14.9 Å². The predicted octanol–water partition coefficient (Wildman–Crippen LogP) is 2.13. The van der Waals surface area contributed by atoms with Crippen LogP contribution in [0.1, 0.15) is 34.6 Å². The molecular weight excluding hydrogens is 224 g/mol. The molecule has 1 aromatic carbocycles. The molecule has 0 saturated heterocycles. The molecule has 0 spiro atoms. The molecule has 5 heteroatoms. The Labute approximate surface area is 99.7 Å². The molecule has 5 nitrogen and oxygen atoms in total. The highest BCUT2D eigenvalue weighted by atomic mass is 16.5. The summed E-state index contributed by atoms with van der Waals surface area (Å²) in [6.45, 7) is 5.67. The first-order chi connectivity index (χ1) is 8.04. The molecule has 0 saturated carbocycles. The Kier molecular flexibility index (Phi) is 7.38. The number of carboxylic acids is 2. The summed E-state index contributed by atoms with van der Waals surface area (Å²) in [5.74, 6) is -2.46. The van der Waals surface area contributed by atoms with Crippen molar-refractivity contribution in [3.8, 4) is 0 Å². The van der Waals surface area contributed by atoms with Crippen LogP contribution in [0.15, 0.2) is 24.3 Å². The zero-order valence-corrected chi connectivity index (χ0v) is 9.84. The van der Waals surface area contributed by atoms with E-state index >= 15 is 0 Å². The van der Waals surface area contributed by atoms with Crippen LogP contribution >= 0.6 is 0 Å². The fraction of sp³-hybridized carbons (Fsp3) is 0.333. The van der Waals surface area contributed by atoms with E-state index in [-0.39, 0.29) is 11.1 Å². The molecule has 0 fully saturated rings. The van der Waals surface area contributed by atoms with Crippen LogP contribution < -0.4 is 0 Å². The number of carboxylic acid groups (broad SMARTS) is 2. The van der Waals surface area contributed by atoms with E-state index in [2.05, 4.69) is 0 Å². The van der Waals surface area contributed by atoms with E-state index in [0.29, 0.717) is 0 Å². The Morgan fingerprint density at radius 2 is 1.35 bits per heavy atom. The Morgan fingerprint density at radius 1 is 1.00 bits per heavy atom. The highest BCUT2D eigenvalue weighted by molar-refractivity contribution is 6.01. The van der Waals surface area contributed by atoms with Crippen LogP contribution in [0.3, 0.4) is 0 Å². The van der Waals surface area contributed by atoms with Crippen LogP contribution in [0.25, 0.3) is 0 Å². The lowest BCUT2D eigenvalue weighted by atomic mass is 10.1. The van der Waals surface area contributed by atoms with E-state index in [1.165, 1.54) is 24.3 Å². The number of benzene rings is 1. The summed E-state index contributed by atoms with van der Waals surface area (Å²) in [5.41, 5.74) is -0.380. The smallest absolute Gasteiger partial charge is 0.336 e. The molecule has 2 N–H and O–H groups in total. The summed E-state index contributed by atoms with van der Waals surface area (Å²) >= 11 is 0. The van der Waals surface area contributed by atoms with Gasteiger partial charge in [-0.2, -0.15) is 0 Å². The van der Waals surface area contributed by atoms with Gasteiger partial charge in [-0.25, -0.2) is 9.59 Å². The molecule has 94 valence electrons. The van der Waals surface area contributed by atoms with Crippen molar-refractivity contribution in [2.45, 2.75) is 13.8 Å². The highest BCUT2D eigenvalue weighted by Crippen LogP contribution is 2.07. The van der Waals surface area contributed by atoms with Gasteiger partial charge >= 0.3 is 11.9 Å². The summed E-state index contributed by atoms with van der Waals surface area (Å²) in [6, 6.07) is 5.48. The topological polar surface area (TPSA) is 83.8 Å². The average molecular weight is 240 g/mol. The van der Waals surface area contributed by atoms with Crippen molar-refractivity contribution in [3.63, 3.8) is 0 Å². The zero-order chi connectivity index (χ0) is 13.3. The number of ether oxygens (including phenoxy) is 1. The Morgan fingerprint density at radius 3 is 1.53 bits per heavy atom. The Hall–Kier alpha value is -1.88. The summed E-state index contributed by atoms with van der Waals surface area (Å²) in [4.78, 5) is 20.9. The molecule has 0 radical (unpaired) electrons. The van der Waals surface area contributed by atoms with E-state index in [0.717, 1.165) is 13.2 Å². The minimum absolute atomic E-state index is 0.190. The van der Waals surface area contributed by atoms with E-state index in [4.69, 9.17) is 14.9 Å². The second-order valence-electron chi connectivity index (χ2n) is 2.94. The van der Waals surface area contributed by atoms with Gasteiger partial charge in [-0.1, -0.05) is 12.1 Å². The standard InChI is InChI=1S/C8H6O4.C4H10O/c9-7(10)5-3-1-2-4-6(5)8(11)12;1-3-5-4-2/h1-4H,(H,9,10)(H,11,12);3-4H2,1-2H3. The molecule has 0 aliphatic carbocycles. The first-order valence-electron chi connectivity index (χ1n) is 5.17. The second-order valence-corrected chi connectivity index (χ2v) is 2.94. The molecule has 0 bridgehead atoms. The van der Waals surface area contributed by atoms with Crippen LogP contribution in [0, 0.1) is 0 Å². The first kappa shape index (κ1) is 15.1. The average Bonchev–Trinajstić information content (AvgIpc) is 2.30. The van der Waals surface area contributed by atoms with E-state index in [1.54, 1.807) is 0 Å². The maximum atomic E-state index is 10.5. The SMILES string of the molecule is CCOCC.O=C(O)c1ccccc1C(=O)O. The molecule has 0 aliphatic rings. The third-order valence-corrected chi connectivity index (χ3v) is 1.80. The fourth-order valence-electron chi connectivity index (χ4n) is 1.06. The van der Waals surface area contributed by atoms with E-state index < -0.39 is 11.9 Å². The van der Waals surface area contributed by atoms with Gasteiger partial charge in [-0.3, -0.25) is 0 Å². The minimum atomic E-state index is -1.23. The maximum Gasteiger partial charge on any atom is 0.336 e. The van der Waals surface area contributed by atoms with Crippen molar-refractivity contribution in [2.75, 3.05) is 13.2 Å². The third-order valence-electron chi connectivity index (χ3n) is 1.80. The summed E-state index contributed by atoms with van der Waals surface area (Å²) in [7, 11) is 0. The maximum absolute atomic E-state index is 10.5. The fourth-order valence-corrected chi connectivity index (χ4v) is 1.06. The van der Waals surface area contributed by atoms with Gasteiger partial charge in [-0.15, -0.1) is 0 Å². The van der Waals surface area contributed by atoms with Gasteiger partial charge in [0.25, 0.3) is 0 Å². The molecule has 0 atom stereocenters. The summed E-state index contributed by atoms with van der Waals surface area (Å²) in [5, 5.41) is 17.1. The van der Waals surface area contributed by atoms with Crippen LogP contribution in [0.2, 0.25) is 0 Å². The van der Waals surface area contributed by atoms with Crippen molar-refractivity contribution in [3.05, 3.63) is 35.4 Å². The van der Waals surface area contributed by atoms with Gasteiger partial charge in [0.15, 0.2) is 0 Å². The molecular formula is C12H16O5.